The summed E-state index contributed by atoms with van der Waals surface area (Å²) in [6.07, 6.45) is 3.75. The van der Waals surface area contributed by atoms with Crippen molar-refractivity contribution in [3.63, 3.8) is 0 Å². The molecule has 0 fully saturated rings. The van der Waals surface area contributed by atoms with Gasteiger partial charge < -0.3 is 15.4 Å². The van der Waals surface area contributed by atoms with Crippen molar-refractivity contribution in [1.82, 2.24) is 4.57 Å². The summed E-state index contributed by atoms with van der Waals surface area (Å²) in [7, 11) is 0. The normalized spacial score (nSPS) is 11.0. The molecule has 2 rings (SSSR count). The SMILES string of the molecule is CCc1cc(C(=O)O)cc2ccn(CCCN)c12. The Morgan fingerprint density at radius 3 is 2.83 bits per heavy atom. The zero-order valence-electron chi connectivity index (χ0n) is 10.5. The first-order valence-electron chi connectivity index (χ1n) is 6.22. The highest BCUT2D eigenvalue weighted by Gasteiger charge is 2.11. The van der Waals surface area contributed by atoms with Crippen LogP contribution >= 0.6 is 0 Å². The molecule has 0 unspecified atom stereocenters. The summed E-state index contributed by atoms with van der Waals surface area (Å²) < 4.78 is 2.16. The topological polar surface area (TPSA) is 68.2 Å². The first kappa shape index (κ1) is 12.6. The first-order valence-corrected chi connectivity index (χ1v) is 6.22. The van der Waals surface area contributed by atoms with Crippen LogP contribution in [0.3, 0.4) is 0 Å². The molecule has 4 nitrogen and oxygen atoms in total. The van der Waals surface area contributed by atoms with Gasteiger partial charge in [0.05, 0.1) is 11.1 Å². The third kappa shape index (κ3) is 2.24. The lowest BCUT2D eigenvalue weighted by molar-refractivity contribution is 0.0697. The molecule has 96 valence electrons. The van der Waals surface area contributed by atoms with E-state index in [9.17, 15) is 4.79 Å². The van der Waals surface area contributed by atoms with E-state index >= 15 is 0 Å². The van der Waals surface area contributed by atoms with Crippen LogP contribution in [0.5, 0.6) is 0 Å². The second kappa shape index (κ2) is 5.23. The van der Waals surface area contributed by atoms with Crippen molar-refractivity contribution < 1.29 is 9.90 Å². The second-order valence-corrected chi connectivity index (χ2v) is 4.38. The zero-order chi connectivity index (χ0) is 13.1. The first-order chi connectivity index (χ1) is 8.67. The molecule has 0 aliphatic heterocycles. The number of carboxylic acids is 1. The van der Waals surface area contributed by atoms with Crippen molar-refractivity contribution in [2.75, 3.05) is 6.54 Å². The molecule has 18 heavy (non-hydrogen) atoms. The summed E-state index contributed by atoms with van der Waals surface area (Å²) in [6, 6.07) is 5.47. The van der Waals surface area contributed by atoms with E-state index < -0.39 is 5.97 Å². The predicted octanol–water partition coefficient (Wildman–Crippen LogP) is 2.25. The van der Waals surface area contributed by atoms with Crippen molar-refractivity contribution in [2.24, 2.45) is 5.73 Å². The average molecular weight is 246 g/mol. The molecule has 1 aromatic carbocycles. The standard InChI is InChI=1S/C14H18N2O2/c1-2-10-8-12(14(17)18)9-11-4-7-16(13(10)11)6-3-5-15/h4,7-9H,2-3,5-6,15H2,1H3,(H,17,18). The molecule has 0 aliphatic rings. The van der Waals surface area contributed by atoms with E-state index in [1.807, 2.05) is 19.2 Å². The van der Waals surface area contributed by atoms with Gasteiger partial charge in [0.15, 0.2) is 0 Å². The molecule has 0 atom stereocenters. The maximum absolute atomic E-state index is 11.1. The van der Waals surface area contributed by atoms with Crippen LogP contribution in [0.4, 0.5) is 0 Å². The summed E-state index contributed by atoms with van der Waals surface area (Å²) in [6.45, 7) is 3.58. The van der Waals surface area contributed by atoms with Crippen LogP contribution in [0.15, 0.2) is 24.4 Å². The van der Waals surface area contributed by atoms with Crippen molar-refractivity contribution in [3.05, 3.63) is 35.5 Å². The highest BCUT2D eigenvalue weighted by molar-refractivity contribution is 5.95. The summed E-state index contributed by atoms with van der Waals surface area (Å²) in [5.74, 6) is -0.874. The Morgan fingerprint density at radius 1 is 1.44 bits per heavy atom. The fourth-order valence-corrected chi connectivity index (χ4v) is 2.28. The highest BCUT2D eigenvalue weighted by atomic mass is 16.4. The molecular weight excluding hydrogens is 228 g/mol. The summed E-state index contributed by atoms with van der Waals surface area (Å²) >= 11 is 0. The Morgan fingerprint density at radius 2 is 2.22 bits per heavy atom. The molecule has 1 heterocycles. The maximum Gasteiger partial charge on any atom is 0.335 e. The fraction of sp³-hybridized carbons (Fsp3) is 0.357. The number of rotatable bonds is 5. The number of hydrogen-bond donors (Lipinski definition) is 2. The maximum atomic E-state index is 11.1. The van der Waals surface area contributed by atoms with Gasteiger partial charge in [-0.1, -0.05) is 6.92 Å². The Labute approximate surface area is 106 Å². The van der Waals surface area contributed by atoms with Crippen molar-refractivity contribution in [2.45, 2.75) is 26.3 Å². The van der Waals surface area contributed by atoms with Gasteiger partial charge in [-0.25, -0.2) is 4.79 Å². The third-order valence-electron chi connectivity index (χ3n) is 3.17. The van der Waals surface area contributed by atoms with E-state index in [4.69, 9.17) is 10.8 Å². The number of aromatic nitrogens is 1. The van der Waals surface area contributed by atoms with Gasteiger partial charge in [0.1, 0.15) is 0 Å². The number of aryl methyl sites for hydroxylation is 2. The average Bonchev–Trinajstić information content (AvgIpc) is 2.78. The van der Waals surface area contributed by atoms with Gasteiger partial charge in [-0.15, -0.1) is 0 Å². The number of nitrogens with zero attached hydrogens (tertiary/aromatic N) is 1. The number of carboxylic acid groups (broad SMARTS) is 1. The number of benzene rings is 1. The summed E-state index contributed by atoms with van der Waals surface area (Å²) in [5, 5.41) is 10.1. The monoisotopic (exact) mass is 246 g/mol. The molecular formula is C14H18N2O2. The van der Waals surface area contributed by atoms with Crippen LogP contribution in [0.1, 0.15) is 29.3 Å². The van der Waals surface area contributed by atoms with Crippen molar-refractivity contribution in [3.8, 4) is 0 Å². The van der Waals surface area contributed by atoms with Gasteiger partial charge in [0.2, 0.25) is 0 Å². The third-order valence-corrected chi connectivity index (χ3v) is 3.17. The molecule has 2 aromatic rings. The number of fused-ring (bicyclic) bond motifs is 1. The van der Waals surface area contributed by atoms with Gasteiger partial charge in [-0.3, -0.25) is 0 Å². The van der Waals surface area contributed by atoms with Crippen molar-refractivity contribution >= 4 is 16.9 Å². The molecule has 0 saturated heterocycles. The highest BCUT2D eigenvalue weighted by Crippen LogP contribution is 2.23. The molecule has 0 spiro atoms. The van der Waals surface area contributed by atoms with Crippen LogP contribution in [0.25, 0.3) is 10.9 Å². The molecule has 3 N–H and O–H groups in total. The van der Waals surface area contributed by atoms with Gasteiger partial charge in [0.25, 0.3) is 0 Å². The Balaban J connectivity index is 2.55. The van der Waals surface area contributed by atoms with E-state index in [1.165, 1.54) is 0 Å². The molecule has 0 bridgehead atoms. The minimum absolute atomic E-state index is 0.357. The Hall–Kier alpha value is -1.81. The molecule has 0 radical (unpaired) electrons. The minimum atomic E-state index is -0.874. The van der Waals surface area contributed by atoms with Crippen LogP contribution in [0.2, 0.25) is 0 Å². The molecule has 4 heteroatoms. The number of nitrogens with two attached hydrogens (primary N) is 1. The van der Waals surface area contributed by atoms with E-state index in [2.05, 4.69) is 4.57 Å². The van der Waals surface area contributed by atoms with Crippen LogP contribution in [-0.2, 0) is 13.0 Å². The molecule has 1 aromatic heterocycles. The zero-order valence-corrected chi connectivity index (χ0v) is 10.5. The number of aromatic carboxylic acids is 1. The van der Waals surface area contributed by atoms with Gasteiger partial charge in [-0.2, -0.15) is 0 Å². The van der Waals surface area contributed by atoms with Crippen LogP contribution in [-0.4, -0.2) is 22.2 Å². The summed E-state index contributed by atoms with van der Waals surface area (Å²) in [4.78, 5) is 11.1. The van der Waals surface area contributed by atoms with Crippen molar-refractivity contribution in [1.29, 1.82) is 0 Å². The minimum Gasteiger partial charge on any atom is -0.478 e. The van der Waals surface area contributed by atoms with Crippen LogP contribution < -0.4 is 5.73 Å². The number of carbonyl (C=O) groups is 1. The smallest absolute Gasteiger partial charge is 0.335 e. The van der Waals surface area contributed by atoms with Gasteiger partial charge >= 0.3 is 5.97 Å². The lowest BCUT2D eigenvalue weighted by Gasteiger charge is -2.09. The lowest BCUT2D eigenvalue weighted by atomic mass is 10.0. The van der Waals surface area contributed by atoms with Gasteiger partial charge in [-0.05, 0) is 43.1 Å². The lowest BCUT2D eigenvalue weighted by Crippen LogP contribution is -2.06. The Kier molecular flexibility index (Phi) is 3.67. The largest absolute Gasteiger partial charge is 0.478 e. The van der Waals surface area contributed by atoms with E-state index in [0.29, 0.717) is 12.1 Å². The quantitative estimate of drug-likeness (QED) is 0.850. The molecule has 0 saturated carbocycles. The van der Waals surface area contributed by atoms with E-state index in [0.717, 1.165) is 35.9 Å². The van der Waals surface area contributed by atoms with E-state index in [1.54, 1.807) is 12.1 Å². The van der Waals surface area contributed by atoms with E-state index in [-0.39, 0.29) is 0 Å². The number of hydrogen-bond acceptors (Lipinski definition) is 2. The van der Waals surface area contributed by atoms with Gasteiger partial charge in [0, 0.05) is 18.1 Å². The molecule has 0 amide bonds. The summed E-state index contributed by atoms with van der Waals surface area (Å²) in [5.41, 5.74) is 8.10. The van der Waals surface area contributed by atoms with Crippen LogP contribution in [0, 0.1) is 0 Å². The molecule has 0 aliphatic carbocycles. The predicted molar refractivity (Wildman–Crippen MR) is 71.9 cm³/mol. The Bertz CT molecular complexity index is 572. The second-order valence-electron chi connectivity index (χ2n) is 4.38. The fourth-order valence-electron chi connectivity index (χ4n) is 2.28.